The summed E-state index contributed by atoms with van der Waals surface area (Å²) in [6.45, 7) is 3.21. The molecule has 168 valence electrons. The van der Waals surface area contributed by atoms with E-state index in [0.717, 1.165) is 24.4 Å². The Hall–Kier alpha value is -2.46. The van der Waals surface area contributed by atoms with Crippen molar-refractivity contribution in [2.24, 2.45) is 4.99 Å². The average Bonchev–Trinajstić information content (AvgIpc) is 3.47. The fourth-order valence-corrected chi connectivity index (χ4v) is 2.95. The van der Waals surface area contributed by atoms with Gasteiger partial charge in [-0.2, -0.15) is 0 Å². The number of guanidine groups is 1. The van der Waals surface area contributed by atoms with Gasteiger partial charge in [-0.05, 0) is 55.3 Å². The van der Waals surface area contributed by atoms with Crippen molar-refractivity contribution in [2.75, 3.05) is 26.7 Å². The average molecular weight is 539 g/mol. The number of nitrogens with zero attached hydrogens (tertiary/aromatic N) is 1. The summed E-state index contributed by atoms with van der Waals surface area (Å²) in [5, 5.41) is 17.3. The monoisotopic (exact) mass is 539 g/mol. The minimum atomic E-state index is -1.19. The fraction of sp³-hybridized carbons (Fsp3) is 0.348. The van der Waals surface area contributed by atoms with Crippen LogP contribution in [0.3, 0.4) is 0 Å². The molecule has 0 spiro atoms. The van der Waals surface area contributed by atoms with Crippen LogP contribution in [0.5, 0.6) is 5.75 Å². The zero-order valence-electron chi connectivity index (χ0n) is 17.8. The molecule has 1 aromatic carbocycles. The first-order chi connectivity index (χ1) is 14.6. The molecule has 0 radical (unpaired) electrons. The number of ether oxygens (including phenoxy) is 1. The first-order valence-corrected chi connectivity index (χ1v) is 10.0. The summed E-state index contributed by atoms with van der Waals surface area (Å²) >= 11 is 0. The van der Waals surface area contributed by atoms with Crippen molar-refractivity contribution in [2.45, 2.75) is 25.4 Å². The minimum Gasteiger partial charge on any atom is -0.497 e. The number of hydrogen-bond acceptors (Lipinski definition) is 5. The van der Waals surface area contributed by atoms with E-state index in [1.807, 2.05) is 36.4 Å². The van der Waals surface area contributed by atoms with E-state index in [2.05, 4.69) is 15.6 Å². The molecule has 31 heavy (non-hydrogen) atoms. The third-order valence-electron chi connectivity index (χ3n) is 4.71. The second-order valence-corrected chi connectivity index (χ2v) is 7.20. The first-order valence-electron chi connectivity index (χ1n) is 10.0. The van der Waals surface area contributed by atoms with Crippen molar-refractivity contribution in [1.82, 2.24) is 10.6 Å². The van der Waals surface area contributed by atoms with Crippen molar-refractivity contribution in [3.63, 3.8) is 0 Å². The van der Waals surface area contributed by atoms with Gasteiger partial charge in [-0.3, -0.25) is 0 Å². The molecule has 2 heterocycles. The second-order valence-electron chi connectivity index (χ2n) is 7.20. The molecule has 0 saturated carbocycles. The lowest BCUT2D eigenvalue weighted by Gasteiger charge is -2.20. The van der Waals surface area contributed by atoms with Gasteiger partial charge in [-0.25, -0.2) is 4.99 Å². The molecule has 8 heteroatoms. The number of benzene rings is 1. The normalized spacial score (nSPS) is 13.2. The summed E-state index contributed by atoms with van der Waals surface area (Å²) in [6, 6.07) is 15.3. The van der Waals surface area contributed by atoms with Crippen LogP contribution in [0, 0.1) is 0 Å². The maximum Gasteiger partial charge on any atom is 0.191 e. The predicted octanol–water partition coefficient (Wildman–Crippen LogP) is 3.73. The molecule has 3 N–H and O–H groups in total. The first kappa shape index (κ1) is 24.8. The van der Waals surface area contributed by atoms with Gasteiger partial charge in [0.25, 0.3) is 0 Å². The maximum atomic E-state index is 10.7. The van der Waals surface area contributed by atoms with E-state index in [-0.39, 0.29) is 30.5 Å². The van der Waals surface area contributed by atoms with Crippen molar-refractivity contribution >= 4 is 29.9 Å². The van der Waals surface area contributed by atoms with E-state index < -0.39 is 5.60 Å². The Morgan fingerprint density at radius 1 is 1.00 bits per heavy atom. The predicted molar refractivity (Wildman–Crippen MR) is 131 cm³/mol. The molecule has 0 fully saturated rings. The van der Waals surface area contributed by atoms with Crippen LogP contribution >= 0.6 is 24.0 Å². The standard InChI is InChI=1S/C23H29N3O4.HI/c1-23(27,21-6-4-16-30-21)17-26-22(25-14-12-20-5-3-15-29-20)24-13-11-18-7-9-19(28-2)10-8-18;/h3-10,15-16,27H,11-14,17H2,1-2H3,(H2,24,25,26);1H. The zero-order valence-corrected chi connectivity index (χ0v) is 20.2. The molecular formula is C23H30IN3O4. The molecule has 3 rings (SSSR count). The SMILES string of the molecule is COc1ccc(CCNC(=NCC(C)(O)c2ccco2)NCCc2ccco2)cc1.I. The number of furan rings is 2. The van der Waals surface area contributed by atoms with E-state index >= 15 is 0 Å². The van der Waals surface area contributed by atoms with Crippen LogP contribution in [0.25, 0.3) is 0 Å². The Balaban J connectivity index is 0.00000341. The third kappa shape index (κ3) is 7.95. The van der Waals surface area contributed by atoms with Gasteiger partial charge in [0.2, 0.25) is 0 Å². The van der Waals surface area contributed by atoms with Crippen LogP contribution in [-0.2, 0) is 18.4 Å². The van der Waals surface area contributed by atoms with Crippen LogP contribution in [-0.4, -0.2) is 37.8 Å². The molecule has 0 aliphatic carbocycles. The molecule has 1 atom stereocenters. The summed E-state index contributed by atoms with van der Waals surface area (Å²) in [4.78, 5) is 4.56. The molecule has 0 bridgehead atoms. The number of hydrogen-bond donors (Lipinski definition) is 3. The topological polar surface area (TPSA) is 92.2 Å². The fourth-order valence-electron chi connectivity index (χ4n) is 2.95. The van der Waals surface area contributed by atoms with Gasteiger partial charge in [0.15, 0.2) is 5.96 Å². The number of aliphatic imine (C=N–C) groups is 1. The number of methoxy groups -OCH3 is 1. The molecule has 7 nitrogen and oxygen atoms in total. The Kier molecular flexibility index (Phi) is 9.93. The van der Waals surface area contributed by atoms with Crippen molar-refractivity contribution in [1.29, 1.82) is 0 Å². The second kappa shape index (κ2) is 12.4. The van der Waals surface area contributed by atoms with Gasteiger partial charge in [0, 0.05) is 19.5 Å². The molecular weight excluding hydrogens is 509 g/mol. The number of nitrogens with one attached hydrogen (secondary N) is 2. The highest BCUT2D eigenvalue weighted by Crippen LogP contribution is 2.21. The highest BCUT2D eigenvalue weighted by atomic mass is 127. The smallest absolute Gasteiger partial charge is 0.191 e. The highest BCUT2D eigenvalue weighted by molar-refractivity contribution is 14.0. The van der Waals surface area contributed by atoms with Gasteiger partial charge >= 0.3 is 0 Å². The highest BCUT2D eigenvalue weighted by Gasteiger charge is 2.26. The van der Waals surface area contributed by atoms with E-state index in [1.165, 1.54) is 5.56 Å². The van der Waals surface area contributed by atoms with Crippen LogP contribution < -0.4 is 15.4 Å². The molecule has 0 aliphatic rings. The minimum absolute atomic E-state index is 0. The molecule has 1 unspecified atom stereocenters. The van der Waals surface area contributed by atoms with Crippen LogP contribution in [0.2, 0.25) is 0 Å². The molecule has 3 aromatic rings. The Morgan fingerprint density at radius 2 is 1.68 bits per heavy atom. The summed E-state index contributed by atoms with van der Waals surface area (Å²) in [6.07, 6.45) is 4.78. The third-order valence-corrected chi connectivity index (χ3v) is 4.71. The van der Waals surface area contributed by atoms with E-state index in [0.29, 0.717) is 24.8 Å². The lowest BCUT2D eigenvalue weighted by molar-refractivity contribution is 0.0437. The van der Waals surface area contributed by atoms with Crippen LogP contribution in [0.1, 0.15) is 24.0 Å². The van der Waals surface area contributed by atoms with Gasteiger partial charge in [-0.1, -0.05) is 12.1 Å². The number of rotatable bonds is 10. The number of aliphatic hydroxyl groups is 1. The molecule has 0 aliphatic heterocycles. The largest absolute Gasteiger partial charge is 0.497 e. The number of halogens is 1. The van der Waals surface area contributed by atoms with Gasteiger partial charge in [-0.15, -0.1) is 24.0 Å². The summed E-state index contributed by atoms with van der Waals surface area (Å²) in [5.41, 5.74) is 0.00979. The van der Waals surface area contributed by atoms with Crippen molar-refractivity contribution in [3.8, 4) is 5.75 Å². The van der Waals surface area contributed by atoms with Crippen molar-refractivity contribution in [3.05, 3.63) is 78.1 Å². The summed E-state index contributed by atoms with van der Waals surface area (Å²) < 4.78 is 15.9. The Morgan fingerprint density at radius 3 is 2.29 bits per heavy atom. The Labute approximate surface area is 199 Å². The van der Waals surface area contributed by atoms with Crippen LogP contribution in [0.4, 0.5) is 0 Å². The van der Waals surface area contributed by atoms with Gasteiger partial charge in [0.05, 0.1) is 26.2 Å². The lowest BCUT2D eigenvalue weighted by atomic mass is 10.0. The molecule has 0 saturated heterocycles. The van der Waals surface area contributed by atoms with Gasteiger partial charge < -0.3 is 29.3 Å². The Bertz CT molecular complexity index is 892. The van der Waals surface area contributed by atoms with E-state index in [4.69, 9.17) is 13.6 Å². The summed E-state index contributed by atoms with van der Waals surface area (Å²) in [5.74, 6) is 2.86. The maximum absolute atomic E-state index is 10.7. The van der Waals surface area contributed by atoms with Gasteiger partial charge in [0.1, 0.15) is 22.9 Å². The lowest BCUT2D eigenvalue weighted by Crippen LogP contribution is -2.40. The van der Waals surface area contributed by atoms with Crippen molar-refractivity contribution < 1.29 is 18.7 Å². The molecule has 2 aromatic heterocycles. The van der Waals surface area contributed by atoms with E-state index in [1.54, 1.807) is 38.7 Å². The summed E-state index contributed by atoms with van der Waals surface area (Å²) in [7, 11) is 1.66. The quantitative estimate of drug-likeness (QED) is 0.207. The van der Waals surface area contributed by atoms with E-state index in [9.17, 15) is 5.11 Å². The van der Waals surface area contributed by atoms with Crippen LogP contribution in [0.15, 0.2) is 74.9 Å². The zero-order chi connectivity index (χ0) is 21.2. The molecule has 0 amide bonds.